The molecule has 0 aliphatic heterocycles. The normalized spacial score (nSPS) is 10.7. The van der Waals surface area contributed by atoms with E-state index < -0.39 is 30.2 Å². The summed E-state index contributed by atoms with van der Waals surface area (Å²) in [6, 6.07) is 10.7. The standard InChI is InChI=1S/C20H16F3N3O4/c21-20(22,23)15-5-1-4-14(12-15)16-6-7-17(30-16)19(28)29-13-18(27)26(10-2-8-24)11-3-9-25/h1,4-7,12H,2-3,10-11,13H2. The molecule has 0 saturated heterocycles. The van der Waals surface area contributed by atoms with E-state index in [4.69, 9.17) is 19.7 Å². The van der Waals surface area contributed by atoms with E-state index in [-0.39, 0.29) is 43.0 Å². The molecular formula is C20H16F3N3O4. The van der Waals surface area contributed by atoms with E-state index in [2.05, 4.69) is 0 Å². The van der Waals surface area contributed by atoms with Gasteiger partial charge in [-0.05, 0) is 24.3 Å². The first-order chi connectivity index (χ1) is 14.3. The van der Waals surface area contributed by atoms with Crippen molar-refractivity contribution >= 4 is 11.9 Å². The van der Waals surface area contributed by atoms with Crippen LogP contribution in [0.4, 0.5) is 13.2 Å². The van der Waals surface area contributed by atoms with Crippen molar-refractivity contribution in [2.24, 2.45) is 0 Å². The third-order valence-corrected chi connectivity index (χ3v) is 3.95. The number of nitriles is 2. The second-order valence-corrected chi connectivity index (χ2v) is 6.02. The lowest BCUT2D eigenvalue weighted by Gasteiger charge is -2.19. The maximum Gasteiger partial charge on any atom is 0.416 e. The molecular weight excluding hydrogens is 403 g/mol. The Kier molecular flexibility index (Phi) is 7.59. The molecule has 0 unspecified atom stereocenters. The quantitative estimate of drug-likeness (QED) is 0.603. The number of hydrogen-bond acceptors (Lipinski definition) is 6. The van der Waals surface area contributed by atoms with Crippen LogP contribution in [0.5, 0.6) is 0 Å². The second-order valence-electron chi connectivity index (χ2n) is 6.02. The molecule has 7 nitrogen and oxygen atoms in total. The predicted octanol–water partition coefficient (Wildman–Crippen LogP) is 3.78. The Hall–Kier alpha value is -3.79. The number of alkyl halides is 3. The third kappa shape index (κ3) is 6.11. The van der Waals surface area contributed by atoms with E-state index in [1.165, 1.54) is 29.2 Å². The van der Waals surface area contributed by atoms with Crippen molar-refractivity contribution in [1.29, 1.82) is 10.5 Å². The van der Waals surface area contributed by atoms with Gasteiger partial charge in [0.2, 0.25) is 5.76 Å². The molecule has 0 bridgehead atoms. The minimum atomic E-state index is -4.52. The summed E-state index contributed by atoms with van der Waals surface area (Å²) in [5, 5.41) is 17.3. The smallest absolute Gasteiger partial charge is 0.416 e. The van der Waals surface area contributed by atoms with E-state index in [1.807, 2.05) is 12.1 Å². The molecule has 0 aliphatic rings. The predicted molar refractivity (Wildman–Crippen MR) is 96.5 cm³/mol. The van der Waals surface area contributed by atoms with Crippen LogP contribution < -0.4 is 0 Å². The summed E-state index contributed by atoms with van der Waals surface area (Å²) in [5.74, 6) is -1.81. The van der Waals surface area contributed by atoms with Crippen molar-refractivity contribution < 1.29 is 31.9 Å². The van der Waals surface area contributed by atoms with Crippen LogP contribution in [0.25, 0.3) is 11.3 Å². The number of furan rings is 1. The zero-order chi connectivity index (χ0) is 22.1. The Labute approximate surface area is 169 Å². The zero-order valence-corrected chi connectivity index (χ0v) is 15.6. The Morgan fingerprint density at radius 1 is 1.07 bits per heavy atom. The Balaban J connectivity index is 2.02. The van der Waals surface area contributed by atoms with Crippen molar-refractivity contribution in [3.05, 3.63) is 47.7 Å². The number of carbonyl (C=O) groups excluding carboxylic acids is 2. The highest BCUT2D eigenvalue weighted by Gasteiger charge is 2.30. The van der Waals surface area contributed by atoms with Crippen molar-refractivity contribution in [1.82, 2.24) is 4.90 Å². The lowest BCUT2D eigenvalue weighted by molar-refractivity contribution is -0.137. The number of esters is 1. The lowest BCUT2D eigenvalue weighted by atomic mass is 10.1. The van der Waals surface area contributed by atoms with Gasteiger partial charge < -0.3 is 14.1 Å². The molecule has 1 aromatic heterocycles. The van der Waals surface area contributed by atoms with E-state index in [0.717, 1.165) is 12.1 Å². The molecule has 30 heavy (non-hydrogen) atoms. The molecule has 0 saturated carbocycles. The molecule has 0 aliphatic carbocycles. The van der Waals surface area contributed by atoms with Crippen molar-refractivity contribution in [3.63, 3.8) is 0 Å². The van der Waals surface area contributed by atoms with Crippen molar-refractivity contribution in [3.8, 4) is 23.5 Å². The largest absolute Gasteiger partial charge is 0.450 e. The number of hydrogen-bond donors (Lipinski definition) is 0. The first-order valence-corrected chi connectivity index (χ1v) is 8.72. The highest BCUT2D eigenvalue weighted by molar-refractivity contribution is 5.89. The Bertz CT molecular complexity index is 968. The maximum atomic E-state index is 12.8. The van der Waals surface area contributed by atoms with Gasteiger partial charge in [0.15, 0.2) is 6.61 Å². The number of rotatable bonds is 8. The first kappa shape index (κ1) is 22.5. The van der Waals surface area contributed by atoms with Crippen LogP contribution in [0.1, 0.15) is 29.0 Å². The number of carbonyl (C=O) groups is 2. The van der Waals surface area contributed by atoms with Crippen LogP contribution in [0, 0.1) is 22.7 Å². The molecule has 1 amide bonds. The molecule has 1 aromatic carbocycles. The average Bonchev–Trinajstić information content (AvgIpc) is 3.22. The molecule has 0 radical (unpaired) electrons. The van der Waals surface area contributed by atoms with E-state index >= 15 is 0 Å². The van der Waals surface area contributed by atoms with Gasteiger partial charge in [-0.15, -0.1) is 0 Å². The molecule has 2 rings (SSSR count). The van der Waals surface area contributed by atoms with Gasteiger partial charge in [0.1, 0.15) is 5.76 Å². The van der Waals surface area contributed by atoms with Gasteiger partial charge in [-0.2, -0.15) is 23.7 Å². The van der Waals surface area contributed by atoms with Crippen molar-refractivity contribution in [2.75, 3.05) is 19.7 Å². The van der Waals surface area contributed by atoms with Crippen molar-refractivity contribution in [2.45, 2.75) is 19.0 Å². The topological polar surface area (TPSA) is 107 Å². The monoisotopic (exact) mass is 419 g/mol. The molecule has 0 spiro atoms. The van der Waals surface area contributed by atoms with E-state index in [1.54, 1.807) is 0 Å². The number of ether oxygens (including phenoxy) is 1. The van der Waals surface area contributed by atoms with E-state index in [0.29, 0.717) is 0 Å². The molecule has 0 atom stereocenters. The summed E-state index contributed by atoms with van der Waals surface area (Å²) in [5.41, 5.74) is -0.736. The highest BCUT2D eigenvalue weighted by Crippen LogP contribution is 2.32. The molecule has 156 valence electrons. The lowest BCUT2D eigenvalue weighted by Crippen LogP contribution is -2.36. The zero-order valence-electron chi connectivity index (χ0n) is 15.6. The molecule has 0 fully saturated rings. The average molecular weight is 419 g/mol. The van der Waals surface area contributed by atoms with Crippen LogP contribution in [-0.2, 0) is 15.7 Å². The summed E-state index contributed by atoms with van der Waals surface area (Å²) in [4.78, 5) is 25.5. The SMILES string of the molecule is N#CCCN(CCC#N)C(=O)COC(=O)c1ccc(-c2cccc(C(F)(F)F)c2)o1. The summed E-state index contributed by atoms with van der Waals surface area (Å²) in [6.07, 6.45) is -4.40. The van der Waals surface area contributed by atoms with E-state index in [9.17, 15) is 22.8 Å². The van der Waals surface area contributed by atoms with Crippen LogP contribution in [-0.4, -0.2) is 36.5 Å². The molecule has 0 N–H and O–H groups in total. The van der Waals surface area contributed by atoms with Gasteiger partial charge in [0.05, 0.1) is 30.5 Å². The summed E-state index contributed by atoms with van der Waals surface area (Å²) in [6.45, 7) is -0.445. The summed E-state index contributed by atoms with van der Waals surface area (Å²) >= 11 is 0. The number of nitrogens with zero attached hydrogens (tertiary/aromatic N) is 3. The maximum absolute atomic E-state index is 12.8. The third-order valence-electron chi connectivity index (χ3n) is 3.95. The van der Waals surface area contributed by atoms with Crippen LogP contribution >= 0.6 is 0 Å². The Morgan fingerprint density at radius 3 is 2.33 bits per heavy atom. The molecule has 2 aromatic rings. The summed E-state index contributed by atoms with van der Waals surface area (Å²) in [7, 11) is 0. The molecule has 10 heteroatoms. The van der Waals surface area contributed by atoms with Gasteiger partial charge in [-0.25, -0.2) is 4.79 Å². The van der Waals surface area contributed by atoms with Gasteiger partial charge in [-0.3, -0.25) is 4.79 Å². The Morgan fingerprint density at radius 2 is 1.73 bits per heavy atom. The fourth-order valence-electron chi connectivity index (χ4n) is 2.47. The minimum absolute atomic E-state index is 0.0315. The minimum Gasteiger partial charge on any atom is -0.450 e. The van der Waals surface area contributed by atoms with Crippen LogP contribution in [0.2, 0.25) is 0 Å². The van der Waals surface area contributed by atoms with Gasteiger partial charge >= 0.3 is 12.1 Å². The number of halogens is 3. The fraction of sp³-hybridized carbons (Fsp3) is 0.300. The van der Waals surface area contributed by atoms with Gasteiger partial charge in [-0.1, -0.05) is 12.1 Å². The number of benzene rings is 1. The van der Waals surface area contributed by atoms with Gasteiger partial charge in [0.25, 0.3) is 5.91 Å². The van der Waals surface area contributed by atoms with Gasteiger partial charge in [0, 0.05) is 18.7 Å². The second kappa shape index (κ2) is 10.1. The number of amides is 1. The van der Waals surface area contributed by atoms with Crippen LogP contribution in [0.15, 0.2) is 40.8 Å². The highest BCUT2D eigenvalue weighted by atomic mass is 19.4. The molecule has 1 heterocycles. The fourth-order valence-corrected chi connectivity index (χ4v) is 2.47. The van der Waals surface area contributed by atoms with Crippen LogP contribution in [0.3, 0.4) is 0 Å². The summed E-state index contributed by atoms with van der Waals surface area (Å²) < 4.78 is 48.7. The first-order valence-electron chi connectivity index (χ1n) is 8.72.